The molecule has 0 aliphatic rings. The molecule has 0 unspecified atom stereocenters. The van der Waals surface area contributed by atoms with Crippen LogP contribution in [-0.4, -0.2) is 39.0 Å². The molecule has 0 amide bonds. The third-order valence-electron chi connectivity index (χ3n) is 1.88. The van der Waals surface area contributed by atoms with E-state index in [9.17, 15) is 8.42 Å². The van der Waals surface area contributed by atoms with Crippen molar-refractivity contribution in [2.24, 2.45) is 0 Å². The van der Waals surface area contributed by atoms with Gasteiger partial charge in [-0.3, -0.25) is 0 Å². The Morgan fingerprint density at radius 3 is 2.56 bits per heavy atom. The molecule has 0 saturated carbocycles. The van der Waals surface area contributed by atoms with E-state index in [4.69, 9.17) is 23.2 Å². The third kappa shape index (κ3) is 4.08. The Bertz CT molecular complexity index is 459. The zero-order valence-electron chi connectivity index (χ0n) is 8.90. The quantitative estimate of drug-likeness (QED) is 0.781. The summed E-state index contributed by atoms with van der Waals surface area (Å²) in [5, 5.41) is 1.07. The Morgan fingerprint density at radius 2 is 2.12 bits per heavy atom. The molecule has 1 heterocycles. The molecular formula is C8H12Cl2N2O2S2. The molecule has 0 radical (unpaired) electrons. The lowest BCUT2D eigenvalue weighted by Gasteiger charge is -2.14. The van der Waals surface area contributed by atoms with Crippen molar-refractivity contribution in [3.63, 3.8) is 0 Å². The first-order valence-electron chi connectivity index (χ1n) is 4.43. The summed E-state index contributed by atoms with van der Waals surface area (Å²) >= 11 is 12.9. The highest BCUT2D eigenvalue weighted by Crippen LogP contribution is 2.30. The fourth-order valence-electron chi connectivity index (χ4n) is 0.966. The Kier molecular flexibility index (Phi) is 4.85. The Morgan fingerprint density at radius 1 is 1.50 bits per heavy atom. The van der Waals surface area contributed by atoms with Gasteiger partial charge in [-0.1, -0.05) is 22.9 Å². The molecule has 0 N–H and O–H groups in total. The van der Waals surface area contributed by atoms with Gasteiger partial charge in [-0.15, -0.1) is 11.6 Å². The number of rotatable bonds is 5. The summed E-state index contributed by atoms with van der Waals surface area (Å²) in [6, 6.07) is 0. The molecule has 92 valence electrons. The number of alkyl halides is 1. The zero-order chi connectivity index (χ0) is 12.3. The van der Waals surface area contributed by atoms with Crippen LogP contribution < -0.4 is 4.90 Å². The van der Waals surface area contributed by atoms with E-state index < -0.39 is 9.84 Å². The van der Waals surface area contributed by atoms with Crippen LogP contribution in [0.4, 0.5) is 5.13 Å². The van der Waals surface area contributed by atoms with Gasteiger partial charge in [0.05, 0.1) is 16.5 Å². The van der Waals surface area contributed by atoms with E-state index in [-0.39, 0.29) is 5.75 Å². The van der Waals surface area contributed by atoms with Crippen LogP contribution in [0.15, 0.2) is 0 Å². The van der Waals surface area contributed by atoms with Gasteiger partial charge >= 0.3 is 0 Å². The van der Waals surface area contributed by atoms with Gasteiger partial charge in [0.1, 0.15) is 15.0 Å². The minimum absolute atomic E-state index is 0.0942. The topological polar surface area (TPSA) is 50.3 Å². The number of thiazole rings is 1. The maximum Gasteiger partial charge on any atom is 0.186 e. The third-order valence-corrected chi connectivity index (χ3v) is 4.83. The van der Waals surface area contributed by atoms with Crippen LogP contribution in [0.25, 0.3) is 0 Å². The lowest BCUT2D eigenvalue weighted by Crippen LogP contribution is -2.24. The Balaban J connectivity index is 2.69. The Labute approximate surface area is 109 Å². The molecule has 16 heavy (non-hydrogen) atoms. The molecule has 8 heteroatoms. The lowest BCUT2D eigenvalue weighted by molar-refractivity contribution is 0.601. The van der Waals surface area contributed by atoms with Crippen LogP contribution >= 0.6 is 34.5 Å². The number of anilines is 1. The molecule has 0 spiro atoms. The SMILES string of the molecule is CN(CCS(C)(=O)=O)c1nc(Cl)c(CCl)s1. The van der Waals surface area contributed by atoms with Gasteiger partial charge in [-0.2, -0.15) is 0 Å². The number of halogens is 2. The van der Waals surface area contributed by atoms with Crippen LogP contribution in [0.2, 0.25) is 5.15 Å². The fourth-order valence-corrected chi connectivity index (χ4v) is 3.03. The number of hydrogen-bond acceptors (Lipinski definition) is 5. The van der Waals surface area contributed by atoms with Gasteiger partial charge in [0.2, 0.25) is 0 Å². The Hall–Kier alpha value is -0.0400. The molecule has 0 aromatic carbocycles. The second-order valence-corrected chi connectivity index (χ2v) is 7.34. The second kappa shape index (κ2) is 5.53. The fraction of sp³-hybridized carbons (Fsp3) is 0.625. The summed E-state index contributed by atoms with van der Waals surface area (Å²) in [4.78, 5) is 6.67. The van der Waals surface area contributed by atoms with E-state index in [1.807, 2.05) is 0 Å². The summed E-state index contributed by atoms with van der Waals surface area (Å²) in [6.45, 7) is 0.393. The van der Waals surface area contributed by atoms with E-state index in [1.165, 1.54) is 17.6 Å². The van der Waals surface area contributed by atoms with Gasteiger partial charge in [0.25, 0.3) is 0 Å². The maximum atomic E-state index is 11.0. The molecule has 0 aliphatic carbocycles. The molecule has 0 fully saturated rings. The molecule has 0 atom stereocenters. The number of hydrogen-bond donors (Lipinski definition) is 0. The summed E-state index contributed by atoms with van der Waals surface area (Å²) in [5.41, 5.74) is 0. The second-order valence-electron chi connectivity index (χ2n) is 3.40. The minimum Gasteiger partial charge on any atom is -0.350 e. The summed E-state index contributed by atoms with van der Waals surface area (Å²) in [7, 11) is -1.18. The monoisotopic (exact) mass is 302 g/mol. The number of nitrogens with zero attached hydrogens (tertiary/aromatic N) is 2. The summed E-state index contributed by atoms with van der Waals surface area (Å²) < 4.78 is 22.0. The van der Waals surface area contributed by atoms with Crippen molar-refractivity contribution in [2.75, 3.05) is 30.5 Å². The van der Waals surface area contributed by atoms with Crippen LogP contribution in [-0.2, 0) is 15.7 Å². The van der Waals surface area contributed by atoms with Crippen LogP contribution in [0, 0.1) is 0 Å². The van der Waals surface area contributed by atoms with Crippen molar-refractivity contribution < 1.29 is 8.42 Å². The van der Waals surface area contributed by atoms with Crippen molar-refractivity contribution in [3.8, 4) is 0 Å². The van der Waals surface area contributed by atoms with Gasteiger partial charge in [-0.25, -0.2) is 13.4 Å². The molecule has 0 bridgehead atoms. The van der Waals surface area contributed by atoms with Gasteiger partial charge < -0.3 is 4.90 Å². The molecule has 0 saturated heterocycles. The van der Waals surface area contributed by atoms with Gasteiger partial charge in [0.15, 0.2) is 5.13 Å². The summed E-state index contributed by atoms with van der Waals surface area (Å²) in [5.74, 6) is 0.410. The van der Waals surface area contributed by atoms with Crippen molar-refractivity contribution in [1.29, 1.82) is 0 Å². The van der Waals surface area contributed by atoms with Crippen molar-refractivity contribution in [1.82, 2.24) is 4.98 Å². The smallest absolute Gasteiger partial charge is 0.186 e. The van der Waals surface area contributed by atoms with E-state index in [1.54, 1.807) is 11.9 Å². The van der Waals surface area contributed by atoms with Crippen molar-refractivity contribution in [2.45, 2.75) is 5.88 Å². The van der Waals surface area contributed by atoms with E-state index >= 15 is 0 Å². The maximum absolute atomic E-state index is 11.0. The number of aromatic nitrogens is 1. The highest BCUT2D eigenvalue weighted by Gasteiger charge is 2.13. The standard InChI is InChI=1S/C8H12Cl2N2O2S2/c1-12(3-4-16(2,13)14)8-11-7(10)6(5-9)15-8/h3-5H2,1-2H3. The molecule has 1 aromatic heterocycles. The van der Waals surface area contributed by atoms with Crippen LogP contribution in [0.3, 0.4) is 0 Å². The first kappa shape index (κ1) is 14.0. The highest BCUT2D eigenvalue weighted by molar-refractivity contribution is 7.90. The van der Waals surface area contributed by atoms with Crippen molar-refractivity contribution in [3.05, 3.63) is 10.0 Å². The van der Waals surface area contributed by atoms with E-state index in [2.05, 4.69) is 4.98 Å². The highest BCUT2D eigenvalue weighted by atomic mass is 35.5. The largest absolute Gasteiger partial charge is 0.350 e. The van der Waals surface area contributed by atoms with Crippen LogP contribution in [0.1, 0.15) is 4.88 Å². The average molecular weight is 303 g/mol. The molecule has 4 nitrogen and oxygen atoms in total. The number of sulfone groups is 1. The lowest BCUT2D eigenvalue weighted by atomic mass is 10.6. The van der Waals surface area contributed by atoms with Crippen LogP contribution in [0.5, 0.6) is 0 Å². The van der Waals surface area contributed by atoms with E-state index in [0.717, 1.165) is 4.88 Å². The normalized spacial score (nSPS) is 11.8. The van der Waals surface area contributed by atoms with Crippen molar-refractivity contribution >= 4 is 49.5 Å². The molecular weight excluding hydrogens is 291 g/mol. The van der Waals surface area contributed by atoms with Gasteiger partial charge in [0, 0.05) is 19.8 Å². The molecule has 1 aromatic rings. The predicted octanol–water partition coefficient (Wildman–Crippen LogP) is 2.02. The molecule has 1 rings (SSSR count). The first-order valence-corrected chi connectivity index (χ1v) is 8.22. The molecule has 0 aliphatic heterocycles. The van der Waals surface area contributed by atoms with Gasteiger partial charge in [-0.05, 0) is 0 Å². The average Bonchev–Trinajstić information content (AvgIpc) is 2.55. The minimum atomic E-state index is -2.96. The first-order chi connectivity index (χ1) is 7.33. The summed E-state index contributed by atoms with van der Waals surface area (Å²) in [6.07, 6.45) is 1.21. The predicted molar refractivity (Wildman–Crippen MR) is 69.7 cm³/mol. The van der Waals surface area contributed by atoms with E-state index in [0.29, 0.717) is 22.7 Å². The zero-order valence-corrected chi connectivity index (χ0v) is 12.0.